The molecule has 0 saturated carbocycles. The maximum atomic E-state index is 12.1. The van der Waals surface area contributed by atoms with Crippen LogP contribution in [0.3, 0.4) is 0 Å². The first-order valence-corrected chi connectivity index (χ1v) is 5.85. The van der Waals surface area contributed by atoms with Crippen LogP contribution in [0.1, 0.15) is 6.92 Å². The van der Waals surface area contributed by atoms with Gasteiger partial charge in [-0.05, 0) is 19.1 Å². The van der Waals surface area contributed by atoms with Gasteiger partial charge in [0.25, 0.3) is 0 Å². The van der Waals surface area contributed by atoms with E-state index in [1.807, 2.05) is 18.2 Å². The predicted octanol–water partition coefficient (Wildman–Crippen LogP) is 1.30. The lowest BCUT2D eigenvalue weighted by atomic mass is 10.3. The number of rotatable bonds is 4. The predicted molar refractivity (Wildman–Crippen MR) is 75.2 cm³/mol. The Bertz CT molecular complexity index is 457. The van der Waals surface area contributed by atoms with Crippen LogP contribution in [-0.2, 0) is 4.79 Å². The molecular formula is C13H18N4O2. The van der Waals surface area contributed by atoms with E-state index in [0.29, 0.717) is 17.8 Å². The summed E-state index contributed by atoms with van der Waals surface area (Å²) in [5, 5.41) is 8.32. The highest BCUT2D eigenvalue weighted by molar-refractivity contribution is 6.15. The van der Waals surface area contributed by atoms with Crippen LogP contribution in [0.5, 0.6) is 0 Å². The number of hydrogen-bond acceptors (Lipinski definition) is 4. The van der Waals surface area contributed by atoms with Crippen molar-refractivity contribution in [2.45, 2.75) is 6.92 Å². The highest BCUT2D eigenvalue weighted by Gasteiger charge is 2.18. The van der Waals surface area contributed by atoms with Gasteiger partial charge in [-0.15, -0.1) is 0 Å². The van der Waals surface area contributed by atoms with E-state index in [1.165, 1.54) is 4.90 Å². The summed E-state index contributed by atoms with van der Waals surface area (Å²) in [7, 11) is 3.55. The van der Waals surface area contributed by atoms with E-state index < -0.39 is 0 Å². The molecule has 1 aromatic carbocycles. The van der Waals surface area contributed by atoms with Crippen molar-refractivity contribution in [1.29, 1.82) is 0 Å². The second-order valence-corrected chi connectivity index (χ2v) is 4.02. The van der Waals surface area contributed by atoms with E-state index in [9.17, 15) is 9.59 Å². The summed E-state index contributed by atoms with van der Waals surface area (Å²) in [4.78, 5) is 23.8. The number of carbonyl (C=O) groups excluding carboxylic acids is 2. The molecule has 0 aromatic heterocycles. The van der Waals surface area contributed by atoms with Crippen LogP contribution in [0.15, 0.2) is 35.4 Å². The number of benzene rings is 1. The Morgan fingerprint density at radius 2 is 1.95 bits per heavy atom. The Kier molecular flexibility index (Phi) is 5.53. The van der Waals surface area contributed by atoms with Crippen LogP contribution in [0.4, 0.5) is 10.5 Å². The molecule has 0 saturated heterocycles. The summed E-state index contributed by atoms with van der Waals surface area (Å²) in [5.41, 5.74) is 0.689. The summed E-state index contributed by atoms with van der Waals surface area (Å²) in [6.07, 6.45) is 0.638. The zero-order valence-corrected chi connectivity index (χ0v) is 11.3. The van der Waals surface area contributed by atoms with E-state index in [-0.39, 0.29) is 12.6 Å². The van der Waals surface area contributed by atoms with Gasteiger partial charge in [-0.25, -0.2) is 9.69 Å². The molecule has 0 radical (unpaired) electrons. The average Bonchev–Trinajstić information content (AvgIpc) is 2.37. The number of para-hydroxylation sites is 1. The maximum Gasteiger partial charge on any atom is 0.327 e. The lowest BCUT2D eigenvalue weighted by Crippen LogP contribution is -2.44. The molecule has 6 nitrogen and oxygen atoms in total. The Labute approximate surface area is 112 Å². The number of aldehydes is 1. The van der Waals surface area contributed by atoms with Crippen LogP contribution < -0.4 is 10.2 Å². The Morgan fingerprint density at radius 3 is 2.47 bits per heavy atom. The lowest BCUT2D eigenvalue weighted by molar-refractivity contribution is -0.107. The first-order chi connectivity index (χ1) is 9.06. The third-order valence-corrected chi connectivity index (χ3v) is 2.22. The van der Waals surface area contributed by atoms with Gasteiger partial charge in [0.05, 0.1) is 12.2 Å². The van der Waals surface area contributed by atoms with Gasteiger partial charge in [-0.1, -0.05) is 18.2 Å². The minimum atomic E-state index is -0.388. The van der Waals surface area contributed by atoms with Gasteiger partial charge in [-0.3, -0.25) is 0 Å². The van der Waals surface area contributed by atoms with Crippen molar-refractivity contribution in [3.8, 4) is 0 Å². The van der Waals surface area contributed by atoms with Gasteiger partial charge in [0, 0.05) is 14.1 Å². The van der Waals surface area contributed by atoms with Crippen molar-refractivity contribution >= 4 is 23.8 Å². The van der Waals surface area contributed by atoms with Crippen LogP contribution in [-0.4, -0.2) is 43.8 Å². The van der Waals surface area contributed by atoms with Gasteiger partial charge in [0.1, 0.15) is 12.1 Å². The van der Waals surface area contributed by atoms with Crippen molar-refractivity contribution in [2.24, 2.45) is 5.10 Å². The second-order valence-electron chi connectivity index (χ2n) is 4.02. The molecule has 102 valence electrons. The van der Waals surface area contributed by atoms with Crippen LogP contribution in [0.25, 0.3) is 0 Å². The van der Waals surface area contributed by atoms with Gasteiger partial charge < -0.3 is 15.1 Å². The molecule has 1 N–H and O–H groups in total. The average molecular weight is 262 g/mol. The molecule has 1 rings (SSSR count). The summed E-state index contributed by atoms with van der Waals surface area (Å²) >= 11 is 0. The van der Waals surface area contributed by atoms with Crippen molar-refractivity contribution in [1.82, 2.24) is 10.3 Å². The summed E-state index contributed by atoms with van der Waals surface area (Å²) in [6, 6.07) is 8.74. The molecule has 0 aliphatic heterocycles. The van der Waals surface area contributed by atoms with Gasteiger partial charge in [0.2, 0.25) is 0 Å². The smallest absolute Gasteiger partial charge is 0.327 e. The molecule has 1 aromatic rings. The first kappa shape index (κ1) is 14.7. The fourth-order valence-electron chi connectivity index (χ4n) is 1.57. The van der Waals surface area contributed by atoms with E-state index in [4.69, 9.17) is 0 Å². The molecular weight excluding hydrogens is 244 g/mol. The third kappa shape index (κ3) is 4.42. The highest BCUT2D eigenvalue weighted by Crippen LogP contribution is 2.14. The molecule has 0 aliphatic rings. The fraction of sp³-hybridized carbons (Fsp3) is 0.308. The minimum Gasteiger partial charge on any atom is -0.331 e. The highest BCUT2D eigenvalue weighted by atomic mass is 16.2. The van der Waals surface area contributed by atoms with Crippen molar-refractivity contribution < 1.29 is 9.59 Å². The van der Waals surface area contributed by atoms with E-state index in [0.717, 1.165) is 0 Å². The number of hydrogen-bond donors (Lipinski definition) is 1. The van der Waals surface area contributed by atoms with Gasteiger partial charge in [-0.2, -0.15) is 5.10 Å². The van der Waals surface area contributed by atoms with Crippen LogP contribution >= 0.6 is 0 Å². The Balaban J connectivity index is 3.04. The monoisotopic (exact) mass is 262 g/mol. The zero-order chi connectivity index (χ0) is 14.3. The number of nitrogens with zero attached hydrogens (tertiary/aromatic N) is 3. The quantitative estimate of drug-likeness (QED) is 0.385. The standard InChI is InChI=1S/C13H18N4O2/c1-11(15-16(2)3)17(13(19)14-9-10-18)12-7-5-4-6-8-12/h4-8,10H,9H2,1-3H3,(H,14,19)/b15-11+. The minimum absolute atomic E-state index is 0.0303. The molecule has 0 aliphatic carbocycles. The zero-order valence-electron chi connectivity index (χ0n) is 11.3. The number of amides is 2. The number of nitrogens with one attached hydrogen (secondary N) is 1. The first-order valence-electron chi connectivity index (χ1n) is 5.85. The molecule has 0 spiro atoms. The van der Waals surface area contributed by atoms with Crippen molar-refractivity contribution in [3.05, 3.63) is 30.3 Å². The molecule has 6 heteroatoms. The topological polar surface area (TPSA) is 65.0 Å². The van der Waals surface area contributed by atoms with E-state index in [1.54, 1.807) is 38.2 Å². The van der Waals surface area contributed by atoms with Gasteiger partial charge >= 0.3 is 6.03 Å². The largest absolute Gasteiger partial charge is 0.331 e. The molecule has 0 unspecified atom stereocenters. The summed E-state index contributed by atoms with van der Waals surface area (Å²) < 4.78 is 0. The maximum absolute atomic E-state index is 12.1. The number of carbonyl (C=O) groups is 2. The second kappa shape index (κ2) is 7.15. The Morgan fingerprint density at radius 1 is 1.32 bits per heavy atom. The molecule has 0 fully saturated rings. The SMILES string of the molecule is C/C(=N\N(C)C)N(C(=O)NCC=O)c1ccccc1. The molecule has 0 heterocycles. The van der Waals surface area contributed by atoms with E-state index >= 15 is 0 Å². The number of amidine groups is 1. The molecule has 19 heavy (non-hydrogen) atoms. The Hall–Kier alpha value is -2.37. The van der Waals surface area contributed by atoms with Crippen LogP contribution in [0, 0.1) is 0 Å². The summed E-state index contributed by atoms with van der Waals surface area (Å²) in [5.74, 6) is 0.514. The lowest BCUT2D eigenvalue weighted by Gasteiger charge is -2.23. The van der Waals surface area contributed by atoms with Gasteiger partial charge in [0.15, 0.2) is 0 Å². The number of anilines is 1. The van der Waals surface area contributed by atoms with Crippen molar-refractivity contribution in [2.75, 3.05) is 25.5 Å². The molecule has 0 atom stereocenters. The number of hydrazone groups is 1. The normalized spacial score (nSPS) is 10.8. The fourth-order valence-corrected chi connectivity index (χ4v) is 1.57. The summed E-state index contributed by atoms with van der Waals surface area (Å²) in [6.45, 7) is 1.70. The van der Waals surface area contributed by atoms with E-state index in [2.05, 4.69) is 10.4 Å². The van der Waals surface area contributed by atoms with Crippen molar-refractivity contribution in [3.63, 3.8) is 0 Å². The number of urea groups is 1. The van der Waals surface area contributed by atoms with Crippen LogP contribution in [0.2, 0.25) is 0 Å². The molecule has 2 amide bonds. The molecule has 0 bridgehead atoms. The third-order valence-electron chi connectivity index (χ3n) is 2.22.